The maximum Gasteiger partial charge on any atom is 0.247 e. The summed E-state index contributed by atoms with van der Waals surface area (Å²) in [5.74, 6) is -3.53. The first-order chi connectivity index (χ1) is 17.2. The van der Waals surface area contributed by atoms with Crippen LogP contribution in [0.15, 0.2) is 66.7 Å². The van der Waals surface area contributed by atoms with Crippen molar-refractivity contribution in [2.75, 3.05) is 28.4 Å². The van der Waals surface area contributed by atoms with Gasteiger partial charge in [-0.05, 0) is 50.2 Å². The Hall–Kier alpha value is -4.27. The predicted octanol–water partition coefficient (Wildman–Crippen LogP) is 4.82. The molecule has 0 fully saturated rings. The highest BCUT2D eigenvalue weighted by Crippen LogP contribution is 2.39. The van der Waals surface area contributed by atoms with E-state index in [0.717, 1.165) is 17.0 Å². The zero-order valence-corrected chi connectivity index (χ0v) is 20.1. The maximum atomic E-state index is 14.4. The third-order valence-corrected chi connectivity index (χ3v) is 5.85. The van der Waals surface area contributed by atoms with Crippen molar-refractivity contribution < 1.29 is 27.9 Å². The van der Waals surface area contributed by atoms with Gasteiger partial charge in [0, 0.05) is 29.5 Å². The van der Waals surface area contributed by atoms with Gasteiger partial charge in [0.15, 0.2) is 11.6 Å². The highest BCUT2D eigenvalue weighted by Gasteiger charge is 2.36. The van der Waals surface area contributed by atoms with Crippen LogP contribution in [0, 0.1) is 11.6 Å². The molecule has 3 aromatic rings. The Labute approximate surface area is 207 Å². The van der Waals surface area contributed by atoms with Crippen molar-refractivity contribution >= 4 is 40.5 Å². The van der Waals surface area contributed by atoms with E-state index in [-0.39, 0.29) is 17.4 Å². The van der Waals surface area contributed by atoms with Gasteiger partial charge in [-0.2, -0.15) is 0 Å². The van der Waals surface area contributed by atoms with Crippen LogP contribution in [0.3, 0.4) is 0 Å². The average Bonchev–Trinajstić information content (AvgIpc) is 2.94. The first-order valence-electron chi connectivity index (χ1n) is 11.3. The number of nitrogens with zero attached hydrogens (tertiary/aromatic N) is 3. The van der Waals surface area contributed by atoms with Gasteiger partial charge in [0.1, 0.15) is 18.7 Å². The van der Waals surface area contributed by atoms with Gasteiger partial charge in [-0.15, -0.1) is 0 Å². The molecule has 9 heteroatoms. The smallest absolute Gasteiger partial charge is 0.247 e. The minimum absolute atomic E-state index is 0.0238. The SMILES string of the molecule is COc1ccc(N(C(=O)CN2C(=O)CC(=O)N(c3ccccc3)c3cc(F)c(F)cc32)C(C)C)cc1. The Kier molecular flexibility index (Phi) is 7.00. The Morgan fingerprint density at radius 1 is 0.944 bits per heavy atom. The van der Waals surface area contributed by atoms with E-state index in [1.807, 2.05) is 13.8 Å². The molecule has 36 heavy (non-hydrogen) atoms. The normalized spacial score (nSPS) is 13.5. The lowest BCUT2D eigenvalue weighted by atomic mass is 10.1. The van der Waals surface area contributed by atoms with E-state index in [4.69, 9.17) is 4.74 Å². The second-order valence-corrected chi connectivity index (χ2v) is 8.53. The number of rotatable bonds is 6. The Bertz CT molecular complexity index is 1300. The lowest BCUT2D eigenvalue weighted by Gasteiger charge is -2.31. The van der Waals surface area contributed by atoms with Crippen LogP contribution < -0.4 is 19.4 Å². The predicted molar refractivity (Wildman–Crippen MR) is 133 cm³/mol. The number of anilines is 4. The number of para-hydroxylation sites is 1. The largest absolute Gasteiger partial charge is 0.497 e. The molecule has 0 spiro atoms. The summed E-state index contributed by atoms with van der Waals surface area (Å²) in [5, 5.41) is 0. The zero-order valence-electron chi connectivity index (χ0n) is 20.1. The van der Waals surface area contributed by atoms with Crippen molar-refractivity contribution in [2.45, 2.75) is 26.3 Å². The summed E-state index contributed by atoms with van der Waals surface area (Å²) < 4.78 is 33.9. The molecule has 3 aromatic carbocycles. The van der Waals surface area contributed by atoms with Crippen LogP contribution >= 0.6 is 0 Å². The highest BCUT2D eigenvalue weighted by atomic mass is 19.2. The molecule has 1 heterocycles. The molecule has 4 rings (SSSR count). The highest BCUT2D eigenvalue weighted by molar-refractivity contribution is 6.19. The minimum Gasteiger partial charge on any atom is -0.497 e. The van der Waals surface area contributed by atoms with Crippen LogP contribution in [0.5, 0.6) is 5.75 Å². The number of amides is 3. The molecule has 7 nitrogen and oxygen atoms in total. The molecule has 1 aliphatic rings. The van der Waals surface area contributed by atoms with Crippen molar-refractivity contribution in [1.29, 1.82) is 0 Å². The van der Waals surface area contributed by atoms with E-state index < -0.39 is 42.3 Å². The van der Waals surface area contributed by atoms with E-state index in [0.29, 0.717) is 17.1 Å². The van der Waals surface area contributed by atoms with Crippen molar-refractivity contribution in [3.63, 3.8) is 0 Å². The molecule has 0 N–H and O–H groups in total. The Morgan fingerprint density at radius 2 is 1.56 bits per heavy atom. The number of hydrogen-bond donors (Lipinski definition) is 0. The molecule has 0 radical (unpaired) electrons. The van der Waals surface area contributed by atoms with Crippen molar-refractivity contribution in [3.8, 4) is 5.75 Å². The summed E-state index contributed by atoms with van der Waals surface area (Å²) in [5.41, 5.74) is 0.869. The van der Waals surface area contributed by atoms with Crippen LogP contribution in [-0.2, 0) is 14.4 Å². The van der Waals surface area contributed by atoms with Gasteiger partial charge >= 0.3 is 0 Å². The molecule has 0 aliphatic carbocycles. The summed E-state index contributed by atoms with van der Waals surface area (Å²) in [7, 11) is 1.53. The molecule has 1 aliphatic heterocycles. The lowest BCUT2D eigenvalue weighted by Crippen LogP contribution is -2.46. The van der Waals surface area contributed by atoms with Gasteiger partial charge in [-0.25, -0.2) is 8.78 Å². The van der Waals surface area contributed by atoms with E-state index in [2.05, 4.69) is 0 Å². The average molecular weight is 494 g/mol. The third kappa shape index (κ3) is 4.77. The van der Waals surface area contributed by atoms with Gasteiger partial charge in [-0.1, -0.05) is 18.2 Å². The number of carbonyl (C=O) groups excluding carboxylic acids is 3. The van der Waals surface area contributed by atoms with Crippen LogP contribution in [0.2, 0.25) is 0 Å². The maximum absolute atomic E-state index is 14.4. The molecule has 0 aromatic heterocycles. The van der Waals surface area contributed by atoms with Crippen molar-refractivity contribution in [2.24, 2.45) is 0 Å². The molecular formula is C27H25F2N3O4. The number of fused-ring (bicyclic) bond motifs is 1. The molecule has 0 unspecified atom stereocenters. The second-order valence-electron chi connectivity index (χ2n) is 8.53. The van der Waals surface area contributed by atoms with Crippen LogP contribution in [-0.4, -0.2) is 37.4 Å². The van der Waals surface area contributed by atoms with Gasteiger partial charge in [0.2, 0.25) is 17.7 Å². The van der Waals surface area contributed by atoms with Gasteiger partial charge in [0.05, 0.1) is 18.5 Å². The molecule has 0 saturated heterocycles. The summed E-state index contributed by atoms with van der Waals surface area (Å²) >= 11 is 0. The van der Waals surface area contributed by atoms with Crippen LogP contribution in [0.1, 0.15) is 20.3 Å². The van der Waals surface area contributed by atoms with Gasteiger partial charge in [-0.3, -0.25) is 19.3 Å². The summed E-state index contributed by atoms with van der Waals surface area (Å²) in [6, 6.07) is 16.6. The van der Waals surface area contributed by atoms with E-state index in [9.17, 15) is 23.2 Å². The summed E-state index contributed by atoms with van der Waals surface area (Å²) in [4.78, 5) is 43.5. The number of halogens is 2. The number of hydrogen-bond acceptors (Lipinski definition) is 4. The molecule has 3 amide bonds. The fourth-order valence-corrected chi connectivity index (χ4v) is 4.21. The van der Waals surface area contributed by atoms with Crippen LogP contribution in [0.4, 0.5) is 31.5 Å². The first kappa shape index (κ1) is 24.8. The van der Waals surface area contributed by atoms with Crippen molar-refractivity contribution in [1.82, 2.24) is 0 Å². The minimum atomic E-state index is -1.20. The summed E-state index contributed by atoms with van der Waals surface area (Å²) in [6.07, 6.45) is -0.579. The third-order valence-electron chi connectivity index (χ3n) is 5.85. The zero-order chi connectivity index (χ0) is 26.0. The molecular weight excluding hydrogens is 468 g/mol. The van der Waals surface area contributed by atoms with Gasteiger partial charge < -0.3 is 14.5 Å². The van der Waals surface area contributed by atoms with Crippen LogP contribution in [0.25, 0.3) is 0 Å². The second kappa shape index (κ2) is 10.2. The molecule has 0 saturated carbocycles. The van der Waals surface area contributed by atoms with Gasteiger partial charge in [0.25, 0.3) is 0 Å². The molecule has 186 valence electrons. The monoisotopic (exact) mass is 493 g/mol. The standard InChI is InChI=1S/C27H25F2N3O4/c1-17(2)31(19-9-11-20(36-3)12-10-19)27(35)16-30-23-13-21(28)22(29)14-24(23)32(26(34)15-25(30)33)18-7-5-4-6-8-18/h4-14,17H,15-16H2,1-3H3. The lowest BCUT2D eigenvalue weighted by molar-refractivity contribution is -0.127. The van der Waals surface area contributed by atoms with E-state index >= 15 is 0 Å². The van der Waals surface area contributed by atoms with Crippen molar-refractivity contribution in [3.05, 3.63) is 78.4 Å². The Balaban J connectivity index is 1.77. The fourth-order valence-electron chi connectivity index (χ4n) is 4.21. The number of methoxy groups -OCH3 is 1. The van der Waals surface area contributed by atoms with E-state index in [1.165, 1.54) is 16.9 Å². The topological polar surface area (TPSA) is 70.2 Å². The number of ether oxygens (including phenoxy) is 1. The fraction of sp³-hybridized carbons (Fsp3) is 0.222. The number of benzene rings is 3. The molecule has 0 bridgehead atoms. The summed E-state index contributed by atoms with van der Waals surface area (Å²) in [6.45, 7) is 3.16. The molecule has 0 atom stereocenters. The quantitative estimate of drug-likeness (QED) is 0.462. The number of carbonyl (C=O) groups is 3. The first-order valence-corrected chi connectivity index (χ1v) is 11.3. The Morgan fingerprint density at radius 3 is 2.14 bits per heavy atom. The van der Waals surface area contributed by atoms with E-state index in [1.54, 1.807) is 54.6 Å².